The first kappa shape index (κ1) is 14.2. The Labute approximate surface area is 109 Å². The normalized spacial score (nSPS) is 12.3. The van der Waals surface area contributed by atoms with Crippen LogP contribution in [0.5, 0.6) is 0 Å². The lowest BCUT2D eigenvalue weighted by atomic mass is 10.2. The van der Waals surface area contributed by atoms with E-state index < -0.39 is 10.0 Å². The van der Waals surface area contributed by atoms with Crippen LogP contribution < -0.4 is 4.72 Å². The molecule has 3 nitrogen and oxygen atoms in total. The second kappa shape index (κ2) is 5.62. The first-order valence-electron chi connectivity index (χ1n) is 5.19. The average Bonchev–Trinajstić information content (AvgIpc) is 2.55. The van der Waals surface area contributed by atoms with E-state index in [1.165, 1.54) is 11.3 Å². The molecule has 1 heterocycles. The Morgan fingerprint density at radius 2 is 2.00 bits per heavy atom. The van der Waals surface area contributed by atoms with E-state index in [9.17, 15) is 8.42 Å². The van der Waals surface area contributed by atoms with Gasteiger partial charge in [-0.3, -0.25) is 0 Å². The van der Waals surface area contributed by atoms with Crippen LogP contribution in [0.2, 0.25) is 0 Å². The molecule has 16 heavy (non-hydrogen) atoms. The van der Waals surface area contributed by atoms with Gasteiger partial charge in [-0.15, -0.1) is 11.3 Å². The first-order valence-corrected chi connectivity index (χ1v) is 8.28. The van der Waals surface area contributed by atoms with Crippen LogP contribution >= 0.6 is 27.3 Å². The molecule has 0 aliphatic heterocycles. The Morgan fingerprint density at radius 3 is 2.38 bits per heavy atom. The fourth-order valence-corrected chi connectivity index (χ4v) is 5.25. The van der Waals surface area contributed by atoms with Gasteiger partial charge in [0.05, 0.1) is 8.68 Å². The second-order valence-electron chi connectivity index (χ2n) is 3.61. The van der Waals surface area contributed by atoms with Gasteiger partial charge in [-0.1, -0.05) is 13.8 Å². The number of thiophene rings is 1. The first-order chi connectivity index (χ1) is 7.40. The van der Waals surface area contributed by atoms with E-state index in [4.69, 9.17) is 0 Å². The molecule has 0 aromatic carbocycles. The summed E-state index contributed by atoms with van der Waals surface area (Å²) in [5.41, 5.74) is 0. The molecular formula is C10H16BrNO2S2. The fourth-order valence-electron chi connectivity index (χ4n) is 1.44. The standard InChI is InChI=1S/C10H16BrNO2S2/c1-4-8(5-2)12-16(13,14)9-6-10(11)15-7(9)3/h6,8,12H,4-5H2,1-3H3. The number of halogens is 1. The maximum atomic E-state index is 12.1. The van der Waals surface area contributed by atoms with Crippen molar-refractivity contribution in [2.75, 3.05) is 0 Å². The summed E-state index contributed by atoms with van der Waals surface area (Å²) in [5, 5.41) is 0. The van der Waals surface area contributed by atoms with Crippen molar-refractivity contribution in [3.63, 3.8) is 0 Å². The Kier molecular flexibility index (Phi) is 4.97. The molecule has 0 bridgehead atoms. The Bertz CT molecular complexity index is 449. The summed E-state index contributed by atoms with van der Waals surface area (Å²) in [6.45, 7) is 5.77. The lowest BCUT2D eigenvalue weighted by molar-refractivity contribution is 0.530. The molecule has 0 saturated heterocycles. The number of sulfonamides is 1. The Balaban J connectivity index is 2.98. The third-order valence-electron chi connectivity index (χ3n) is 2.44. The lowest BCUT2D eigenvalue weighted by Gasteiger charge is -2.14. The Hall–Kier alpha value is 0.0900. The summed E-state index contributed by atoms with van der Waals surface area (Å²) < 4.78 is 27.7. The maximum Gasteiger partial charge on any atom is 0.241 e. The monoisotopic (exact) mass is 325 g/mol. The molecule has 1 aromatic rings. The van der Waals surface area contributed by atoms with Gasteiger partial charge in [-0.05, 0) is 41.8 Å². The van der Waals surface area contributed by atoms with Crippen LogP contribution in [-0.2, 0) is 10.0 Å². The van der Waals surface area contributed by atoms with Crippen molar-refractivity contribution >= 4 is 37.3 Å². The molecule has 0 atom stereocenters. The average molecular weight is 326 g/mol. The number of aryl methyl sites for hydroxylation is 1. The topological polar surface area (TPSA) is 46.2 Å². The van der Waals surface area contributed by atoms with Crippen molar-refractivity contribution in [1.82, 2.24) is 4.72 Å². The van der Waals surface area contributed by atoms with Gasteiger partial charge < -0.3 is 0 Å². The number of hydrogen-bond acceptors (Lipinski definition) is 3. The van der Waals surface area contributed by atoms with E-state index in [2.05, 4.69) is 20.7 Å². The minimum absolute atomic E-state index is 0.0167. The molecule has 1 aromatic heterocycles. The zero-order chi connectivity index (χ0) is 12.3. The van der Waals surface area contributed by atoms with Crippen LogP contribution in [0.3, 0.4) is 0 Å². The van der Waals surface area contributed by atoms with Gasteiger partial charge in [0.15, 0.2) is 0 Å². The van der Waals surface area contributed by atoms with Crippen molar-refractivity contribution in [2.45, 2.75) is 44.6 Å². The number of rotatable bonds is 5. The van der Waals surface area contributed by atoms with Crippen LogP contribution in [0.25, 0.3) is 0 Å². The van der Waals surface area contributed by atoms with E-state index in [0.717, 1.165) is 21.5 Å². The van der Waals surface area contributed by atoms with E-state index in [1.54, 1.807) is 6.07 Å². The predicted molar refractivity (Wildman–Crippen MR) is 71.4 cm³/mol. The van der Waals surface area contributed by atoms with E-state index in [0.29, 0.717) is 4.90 Å². The van der Waals surface area contributed by atoms with Crippen molar-refractivity contribution in [2.24, 2.45) is 0 Å². The molecule has 0 spiro atoms. The maximum absolute atomic E-state index is 12.1. The van der Waals surface area contributed by atoms with Gasteiger partial charge in [-0.2, -0.15) is 0 Å². The van der Waals surface area contributed by atoms with Crippen LogP contribution in [0, 0.1) is 6.92 Å². The van der Waals surface area contributed by atoms with Gasteiger partial charge in [-0.25, -0.2) is 13.1 Å². The molecule has 0 unspecified atom stereocenters. The van der Waals surface area contributed by atoms with Crippen LogP contribution in [-0.4, -0.2) is 14.5 Å². The number of hydrogen-bond donors (Lipinski definition) is 1. The largest absolute Gasteiger partial charge is 0.241 e. The van der Waals surface area contributed by atoms with Crippen molar-refractivity contribution < 1.29 is 8.42 Å². The summed E-state index contributed by atoms with van der Waals surface area (Å²) >= 11 is 4.74. The van der Waals surface area contributed by atoms with Gasteiger partial charge in [0, 0.05) is 10.9 Å². The molecule has 0 fully saturated rings. The van der Waals surface area contributed by atoms with E-state index >= 15 is 0 Å². The smallest absolute Gasteiger partial charge is 0.208 e. The fraction of sp³-hybridized carbons (Fsp3) is 0.600. The van der Waals surface area contributed by atoms with E-state index in [-0.39, 0.29) is 6.04 Å². The van der Waals surface area contributed by atoms with Gasteiger partial charge in [0.2, 0.25) is 10.0 Å². The van der Waals surface area contributed by atoms with Gasteiger partial charge >= 0.3 is 0 Å². The third kappa shape index (κ3) is 3.29. The predicted octanol–water partition coefficient (Wildman–Crippen LogP) is 3.29. The van der Waals surface area contributed by atoms with E-state index in [1.807, 2.05) is 20.8 Å². The van der Waals surface area contributed by atoms with Crippen LogP contribution in [0.15, 0.2) is 14.7 Å². The third-order valence-corrected chi connectivity index (χ3v) is 5.77. The minimum Gasteiger partial charge on any atom is -0.208 e. The molecule has 0 aliphatic carbocycles. The SMILES string of the molecule is CCC(CC)NS(=O)(=O)c1cc(Br)sc1C. The van der Waals surface area contributed by atoms with Crippen molar-refractivity contribution in [1.29, 1.82) is 0 Å². The minimum atomic E-state index is -3.36. The summed E-state index contributed by atoms with van der Waals surface area (Å²) in [5.74, 6) is 0. The zero-order valence-corrected chi connectivity index (χ0v) is 12.8. The summed E-state index contributed by atoms with van der Waals surface area (Å²) in [6, 6.07) is 1.67. The van der Waals surface area contributed by atoms with Gasteiger partial charge in [0.25, 0.3) is 0 Å². The second-order valence-corrected chi connectivity index (χ2v) is 7.92. The summed E-state index contributed by atoms with van der Waals surface area (Å²) in [6.07, 6.45) is 1.61. The molecule has 0 saturated carbocycles. The highest BCUT2D eigenvalue weighted by molar-refractivity contribution is 9.11. The highest BCUT2D eigenvalue weighted by atomic mass is 79.9. The molecule has 6 heteroatoms. The summed E-state index contributed by atoms with van der Waals surface area (Å²) in [4.78, 5) is 1.20. The van der Waals surface area contributed by atoms with Crippen LogP contribution in [0.4, 0.5) is 0 Å². The highest BCUT2D eigenvalue weighted by Gasteiger charge is 2.21. The lowest BCUT2D eigenvalue weighted by Crippen LogP contribution is -2.33. The highest BCUT2D eigenvalue weighted by Crippen LogP contribution is 2.29. The zero-order valence-electron chi connectivity index (χ0n) is 9.58. The van der Waals surface area contributed by atoms with Gasteiger partial charge in [0.1, 0.15) is 0 Å². The molecule has 0 amide bonds. The molecule has 1 N–H and O–H groups in total. The van der Waals surface area contributed by atoms with Crippen molar-refractivity contribution in [3.05, 3.63) is 14.7 Å². The Morgan fingerprint density at radius 1 is 1.44 bits per heavy atom. The molecular weight excluding hydrogens is 310 g/mol. The number of nitrogens with one attached hydrogen (secondary N) is 1. The molecule has 0 aliphatic rings. The summed E-state index contributed by atoms with van der Waals surface area (Å²) in [7, 11) is -3.36. The quantitative estimate of drug-likeness (QED) is 0.902. The molecule has 1 rings (SSSR count). The van der Waals surface area contributed by atoms with Crippen molar-refractivity contribution in [3.8, 4) is 0 Å². The van der Waals surface area contributed by atoms with Crippen LogP contribution in [0.1, 0.15) is 31.6 Å². The molecule has 0 radical (unpaired) electrons. The molecule has 92 valence electrons.